The number of hydrogen-bond acceptors (Lipinski definition) is 2. The van der Waals surface area contributed by atoms with Crippen LogP contribution in [0.2, 0.25) is 0 Å². The zero-order valence-corrected chi connectivity index (χ0v) is 11.5. The molecule has 1 N–H and O–H groups in total. The van der Waals surface area contributed by atoms with E-state index in [1.54, 1.807) is 17.0 Å². The van der Waals surface area contributed by atoms with Gasteiger partial charge in [0.1, 0.15) is 0 Å². The molecule has 2 rings (SSSR count). The Morgan fingerprint density at radius 3 is 2.37 bits per heavy atom. The number of fused-ring (bicyclic) bond motifs is 1. The molecule has 4 nitrogen and oxygen atoms in total. The first kappa shape index (κ1) is 13.6. The van der Waals surface area contributed by atoms with Crippen LogP contribution in [0, 0.1) is 11.8 Å². The molecule has 1 atom stereocenters. The summed E-state index contributed by atoms with van der Waals surface area (Å²) in [4.78, 5) is 25.0. The first-order chi connectivity index (χ1) is 8.90. The van der Waals surface area contributed by atoms with E-state index in [2.05, 4.69) is 0 Å². The van der Waals surface area contributed by atoms with Gasteiger partial charge in [-0.1, -0.05) is 26.8 Å². The Morgan fingerprint density at radius 1 is 1.16 bits per heavy atom. The molecule has 19 heavy (non-hydrogen) atoms. The van der Waals surface area contributed by atoms with Crippen LogP contribution in [0.5, 0.6) is 0 Å². The second-order valence-electron chi connectivity index (χ2n) is 5.52. The number of carbonyl (C=O) groups excluding carboxylic acids is 1. The largest absolute Gasteiger partial charge is 0.478 e. The summed E-state index contributed by atoms with van der Waals surface area (Å²) >= 11 is 0. The molecule has 1 aromatic rings. The number of aromatic carboxylic acids is 1. The third-order valence-corrected chi connectivity index (χ3v) is 3.88. The molecule has 1 unspecified atom stereocenters. The van der Waals surface area contributed by atoms with Crippen molar-refractivity contribution in [2.45, 2.75) is 33.9 Å². The number of benzene rings is 1. The summed E-state index contributed by atoms with van der Waals surface area (Å²) in [7, 11) is 0. The van der Waals surface area contributed by atoms with Gasteiger partial charge in [0.25, 0.3) is 0 Å². The van der Waals surface area contributed by atoms with Gasteiger partial charge >= 0.3 is 5.97 Å². The second kappa shape index (κ2) is 5.03. The lowest BCUT2D eigenvalue weighted by Gasteiger charge is -2.22. The number of nitrogens with zero attached hydrogens (tertiary/aromatic N) is 1. The Bertz CT molecular complexity index is 522. The smallest absolute Gasteiger partial charge is 0.335 e. The monoisotopic (exact) mass is 261 g/mol. The van der Waals surface area contributed by atoms with Crippen LogP contribution in [-0.4, -0.2) is 21.9 Å². The molecule has 1 amide bonds. The molecule has 0 spiro atoms. The third kappa shape index (κ3) is 2.62. The molecule has 102 valence electrons. The Kier molecular flexibility index (Phi) is 3.60. The van der Waals surface area contributed by atoms with Crippen molar-refractivity contribution in [1.29, 1.82) is 0 Å². The summed E-state index contributed by atoms with van der Waals surface area (Å²) in [6.07, 6.45) is 0. The van der Waals surface area contributed by atoms with E-state index in [1.165, 1.54) is 0 Å². The van der Waals surface area contributed by atoms with E-state index in [-0.39, 0.29) is 17.4 Å². The molecule has 1 aromatic carbocycles. The standard InChI is InChI=1S/C15H19NO3/c1-9(2)10(3)14(17)16-7-12-5-4-11(15(18)19)6-13(12)8-16/h4-6,9-10H,7-8H2,1-3H3,(H,18,19). The van der Waals surface area contributed by atoms with Crippen molar-refractivity contribution >= 4 is 11.9 Å². The van der Waals surface area contributed by atoms with Gasteiger partial charge in [0.2, 0.25) is 5.91 Å². The maximum atomic E-state index is 12.3. The fourth-order valence-electron chi connectivity index (χ4n) is 2.26. The molecule has 1 aliphatic rings. The Labute approximate surface area is 113 Å². The predicted octanol–water partition coefficient (Wildman–Crippen LogP) is 2.52. The van der Waals surface area contributed by atoms with Gasteiger partial charge in [-0.3, -0.25) is 4.79 Å². The number of carboxylic acids is 1. The third-order valence-electron chi connectivity index (χ3n) is 3.88. The van der Waals surface area contributed by atoms with E-state index in [0.29, 0.717) is 19.0 Å². The first-order valence-electron chi connectivity index (χ1n) is 6.54. The highest BCUT2D eigenvalue weighted by Crippen LogP contribution is 2.26. The minimum atomic E-state index is -0.928. The van der Waals surface area contributed by atoms with Crippen LogP contribution in [0.1, 0.15) is 42.3 Å². The molecule has 0 saturated heterocycles. The van der Waals surface area contributed by atoms with E-state index < -0.39 is 5.97 Å². The molecular formula is C15H19NO3. The fourth-order valence-corrected chi connectivity index (χ4v) is 2.26. The van der Waals surface area contributed by atoms with E-state index >= 15 is 0 Å². The van der Waals surface area contributed by atoms with Gasteiger partial charge in [-0.05, 0) is 29.2 Å². The molecule has 0 fully saturated rings. The molecule has 1 heterocycles. The summed E-state index contributed by atoms with van der Waals surface area (Å²) in [5, 5.41) is 8.97. The van der Waals surface area contributed by atoms with Crippen molar-refractivity contribution in [2.24, 2.45) is 11.8 Å². The van der Waals surface area contributed by atoms with Crippen LogP contribution in [-0.2, 0) is 17.9 Å². The van der Waals surface area contributed by atoms with Crippen LogP contribution >= 0.6 is 0 Å². The summed E-state index contributed by atoms with van der Waals surface area (Å²) in [6, 6.07) is 5.08. The number of rotatable bonds is 3. The molecule has 0 radical (unpaired) electrons. The molecule has 4 heteroatoms. The molecule has 0 bridgehead atoms. The van der Waals surface area contributed by atoms with Crippen molar-refractivity contribution < 1.29 is 14.7 Å². The van der Waals surface area contributed by atoms with E-state index in [9.17, 15) is 9.59 Å². The van der Waals surface area contributed by atoms with E-state index in [0.717, 1.165) is 11.1 Å². The van der Waals surface area contributed by atoms with Crippen LogP contribution in [0.4, 0.5) is 0 Å². The first-order valence-corrected chi connectivity index (χ1v) is 6.54. The van der Waals surface area contributed by atoms with E-state index in [4.69, 9.17) is 5.11 Å². The fraction of sp³-hybridized carbons (Fsp3) is 0.467. The van der Waals surface area contributed by atoms with Crippen molar-refractivity contribution in [2.75, 3.05) is 0 Å². The maximum Gasteiger partial charge on any atom is 0.335 e. The molecule has 0 aliphatic carbocycles. The lowest BCUT2D eigenvalue weighted by atomic mass is 9.97. The number of amides is 1. The van der Waals surface area contributed by atoms with E-state index in [1.807, 2.05) is 26.8 Å². The van der Waals surface area contributed by atoms with Crippen LogP contribution in [0.25, 0.3) is 0 Å². The number of carbonyl (C=O) groups is 2. The summed E-state index contributed by atoms with van der Waals surface area (Å²) in [5.41, 5.74) is 2.28. The van der Waals surface area contributed by atoms with Gasteiger partial charge in [0.05, 0.1) is 5.56 Å². The van der Waals surface area contributed by atoms with Crippen LogP contribution in [0.15, 0.2) is 18.2 Å². The zero-order chi connectivity index (χ0) is 14.2. The van der Waals surface area contributed by atoms with Crippen molar-refractivity contribution in [1.82, 2.24) is 4.90 Å². The topological polar surface area (TPSA) is 57.6 Å². The Balaban J connectivity index is 2.16. The lowest BCUT2D eigenvalue weighted by molar-refractivity contribution is -0.136. The SMILES string of the molecule is CC(C)C(C)C(=O)N1Cc2ccc(C(=O)O)cc2C1. The lowest BCUT2D eigenvalue weighted by Crippen LogP contribution is -2.32. The highest BCUT2D eigenvalue weighted by atomic mass is 16.4. The average molecular weight is 261 g/mol. The van der Waals surface area contributed by atoms with Crippen molar-refractivity contribution in [3.8, 4) is 0 Å². The van der Waals surface area contributed by atoms with Gasteiger partial charge < -0.3 is 10.0 Å². The highest BCUT2D eigenvalue weighted by Gasteiger charge is 2.28. The summed E-state index contributed by atoms with van der Waals surface area (Å²) in [6.45, 7) is 7.12. The minimum Gasteiger partial charge on any atom is -0.478 e. The Morgan fingerprint density at radius 2 is 1.79 bits per heavy atom. The van der Waals surface area contributed by atoms with Gasteiger partial charge in [0.15, 0.2) is 0 Å². The highest BCUT2D eigenvalue weighted by molar-refractivity contribution is 5.88. The molecule has 0 aromatic heterocycles. The number of hydrogen-bond donors (Lipinski definition) is 1. The Hall–Kier alpha value is -1.84. The summed E-state index contributed by atoms with van der Waals surface area (Å²) in [5.74, 6) is -0.481. The van der Waals surface area contributed by atoms with Crippen molar-refractivity contribution in [3.05, 3.63) is 34.9 Å². The van der Waals surface area contributed by atoms with Crippen LogP contribution in [0.3, 0.4) is 0 Å². The van der Waals surface area contributed by atoms with Gasteiger partial charge in [-0.15, -0.1) is 0 Å². The molecule has 1 aliphatic heterocycles. The normalized spacial score (nSPS) is 15.5. The molecular weight excluding hydrogens is 242 g/mol. The predicted molar refractivity (Wildman–Crippen MR) is 71.7 cm³/mol. The number of carboxylic acid groups (broad SMARTS) is 1. The average Bonchev–Trinajstić information content (AvgIpc) is 2.79. The van der Waals surface area contributed by atoms with Crippen LogP contribution < -0.4 is 0 Å². The van der Waals surface area contributed by atoms with Gasteiger partial charge in [-0.2, -0.15) is 0 Å². The van der Waals surface area contributed by atoms with Gasteiger partial charge in [0, 0.05) is 19.0 Å². The van der Waals surface area contributed by atoms with Gasteiger partial charge in [-0.25, -0.2) is 4.79 Å². The minimum absolute atomic E-state index is 0.00624. The van der Waals surface area contributed by atoms with Crippen molar-refractivity contribution in [3.63, 3.8) is 0 Å². The molecule has 0 saturated carbocycles. The zero-order valence-electron chi connectivity index (χ0n) is 11.5. The maximum absolute atomic E-state index is 12.3. The quantitative estimate of drug-likeness (QED) is 0.909. The summed E-state index contributed by atoms with van der Waals surface area (Å²) < 4.78 is 0. The second-order valence-corrected chi connectivity index (χ2v) is 5.52.